The van der Waals surface area contributed by atoms with E-state index in [4.69, 9.17) is 10.5 Å². The zero-order valence-corrected chi connectivity index (χ0v) is 12.7. The number of rotatable bonds is 7. The number of thioether (sulfide) groups is 1. The van der Waals surface area contributed by atoms with Crippen molar-refractivity contribution in [1.82, 2.24) is 19.5 Å². The Balaban J connectivity index is 2.29. The molecular formula is C12H18N6O2S. The van der Waals surface area contributed by atoms with Crippen LogP contribution in [0.1, 0.15) is 6.23 Å². The summed E-state index contributed by atoms with van der Waals surface area (Å²) in [7, 11) is 1.69. The van der Waals surface area contributed by atoms with Crippen LogP contribution in [0.2, 0.25) is 0 Å². The first-order valence-electron chi connectivity index (χ1n) is 6.31. The van der Waals surface area contributed by atoms with Crippen LogP contribution < -0.4 is 5.73 Å². The van der Waals surface area contributed by atoms with Crippen LogP contribution in [0.25, 0.3) is 11.2 Å². The second-order valence-corrected chi connectivity index (χ2v) is 5.17. The number of ether oxygens (including phenoxy) is 1. The molecule has 2 atom stereocenters. The average Bonchev–Trinajstić information content (AvgIpc) is 2.90. The van der Waals surface area contributed by atoms with E-state index in [1.807, 2.05) is 6.26 Å². The number of hydrogen-bond donors (Lipinski definition) is 2. The fourth-order valence-corrected chi connectivity index (χ4v) is 2.42. The summed E-state index contributed by atoms with van der Waals surface area (Å²) in [5.74, 6) is 1.03. The van der Waals surface area contributed by atoms with E-state index in [1.54, 1.807) is 29.6 Å². The molecule has 2 unspecified atom stereocenters. The van der Waals surface area contributed by atoms with Crippen LogP contribution in [0.4, 0.5) is 5.82 Å². The molecule has 2 rings (SSSR count). The van der Waals surface area contributed by atoms with Crippen molar-refractivity contribution in [2.45, 2.75) is 12.3 Å². The first-order valence-corrected chi connectivity index (χ1v) is 7.71. The largest absolute Gasteiger partial charge is 0.392 e. The van der Waals surface area contributed by atoms with Crippen molar-refractivity contribution in [2.24, 2.45) is 4.99 Å². The summed E-state index contributed by atoms with van der Waals surface area (Å²) in [4.78, 5) is 16.2. The molecule has 8 nitrogen and oxygen atoms in total. The number of fused-ring (bicyclic) bond motifs is 1. The van der Waals surface area contributed by atoms with E-state index in [0.29, 0.717) is 17.0 Å². The van der Waals surface area contributed by atoms with E-state index in [1.165, 1.54) is 12.7 Å². The zero-order valence-electron chi connectivity index (χ0n) is 11.9. The predicted molar refractivity (Wildman–Crippen MR) is 83.5 cm³/mol. The minimum absolute atomic E-state index is 0.209. The highest BCUT2D eigenvalue weighted by molar-refractivity contribution is 7.98. The van der Waals surface area contributed by atoms with E-state index in [-0.39, 0.29) is 12.7 Å². The van der Waals surface area contributed by atoms with Crippen LogP contribution >= 0.6 is 11.8 Å². The minimum Gasteiger partial charge on any atom is -0.392 e. The van der Waals surface area contributed by atoms with Crippen LogP contribution in [0.3, 0.4) is 0 Å². The molecule has 0 saturated heterocycles. The Kier molecular flexibility index (Phi) is 5.48. The lowest BCUT2D eigenvalue weighted by Crippen LogP contribution is -2.26. The Bertz CT molecular complexity index is 617. The number of aliphatic hydroxyl groups excluding tert-OH is 1. The molecule has 0 radical (unpaired) electrons. The molecule has 2 heterocycles. The summed E-state index contributed by atoms with van der Waals surface area (Å²) in [6.07, 6.45) is 5.77. The van der Waals surface area contributed by atoms with Crippen LogP contribution in [0.15, 0.2) is 17.6 Å². The van der Waals surface area contributed by atoms with E-state index >= 15 is 0 Å². The number of nitrogen functional groups attached to an aromatic ring is 1. The quantitative estimate of drug-likeness (QED) is 0.710. The highest BCUT2D eigenvalue weighted by atomic mass is 32.2. The average molecular weight is 310 g/mol. The molecule has 0 fully saturated rings. The second kappa shape index (κ2) is 7.34. The van der Waals surface area contributed by atoms with Gasteiger partial charge in [0, 0.05) is 19.0 Å². The number of aliphatic hydroxyl groups is 1. The molecule has 2 aromatic heterocycles. The van der Waals surface area contributed by atoms with Gasteiger partial charge in [-0.3, -0.25) is 9.56 Å². The molecule has 21 heavy (non-hydrogen) atoms. The lowest BCUT2D eigenvalue weighted by molar-refractivity contribution is -0.0442. The topological polar surface area (TPSA) is 111 Å². The third-order valence-electron chi connectivity index (χ3n) is 2.83. The van der Waals surface area contributed by atoms with E-state index in [0.717, 1.165) is 5.75 Å². The van der Waals surface area contributed by atoms with Gasteiger partial charge < -0.3 is 15.6 Å². The third kappa shape index (κ3) is 3.49. The first-order chi connectivity index (χ1) is 10.2. The number of nitrogens with zero attached hydrogens (tertiary/aromatic N) is 5. The van der Waals surface area contributed by atoms with E-state index < -0.39 is 6.23 Å². The monoisotopic (exact) mass is 310 g/mol. The normalized spacial score (nSPS) is 14.8. The molecule has 0 aromatic carbocycles. The van der Waals surface area contributed by atoms with Crippen LogP contribution in [-0.2, 0) is 4.74 Å². The highest BCUT2D eigenvalue weighted by Gasteiger charge is 2.19. The number of hydrogen-bond acceptors (Lipinski definition) is 8. The number of anilines is 1. The van der Waals surface area contributed by atoms with Gasteiger partial charge in [0.2, 0.25) is 0 Å². The van der Waals surface area contributed by atoms with Crippen molar-refractivity contribution < 1.29 is 9.84 Å². The molecule has 9 heteroatoms. The minimum atomic E-state index is -0.612. The maximum Gasteiger partial charge on any atom is 0.167 e. The number of aliphatic imine (C=N–C) groups is 1. The molecular weight excluding hydrogens is 292 g/mol. The molecule has 0 bridgehead atoms. The predicted octanol–water partition coefficient (Wildman–Crippen LogP) is 0.348. The van der Waals surface area contributed by atoms with Gasteiger partial charge in [-0.15, -0.1) is 0 Å². The molecule has 0 aliphatic carbocycles. The summed E-state index contributed by atoms with van der Waals surface area (Å²) in [5.41, 5.74) is 6.77. The summed E-state index contributed by atoms with van der Waals surface area (Å²) < 4.78 is 7.52. The molecule has 2 aromatic rings. The number of aromatic nitrogens is 4. The molecule has 0 spiro atoms. The van der Waals surface area contributed by atoms with Crippen LogP contribution in [-0.4, -0.2) is 62.6 Å². The fourth-order valence-electron chi connectivity index (χ4n) is 1.93. The summed E-state index contributed by atoms with van der Waals surface area (Å²) in [6, 6.07) is 0. The van der Waals surface area contributed by atoms with E-state index in [9.17, 15) is 5.11 Å². The summed E-state index contributed by atoms with van der Waals surface area (Å²) in [6.45, 7) is -0.211. The van der Waals surface area contributed by atoms with Gasteiger partial charge in [-0.2, -0.15) is 11.8 Å². The van der Waals surface area contributed by atoms with Gasteiger partial charge in [-0.1, -0.05) is 0 Å². The zero-order chi connectivity index (χ0) is 15.2. The van der Waals surface area contributed by atoms with Gasteiger partial charge >= 0.3 is 0 Å². The SMILES string of the molecule is CN=CC(CSC)OC(CO)n1cnc2c(N)ncnc21. The molecule has 114 valence electrons. The lowest BCUT2D eigenvalue weighted by Gasteiger charge is -2.21. The van der Waals surface area contributed by atoms with Crippen LogP contribution in [0, 0.1) is 0 Å². The Hall–Kier alpha value is -1.71. The maximum atomic E-state index is 9.61. The number of imidazole rings is 1. The molecule has 0 aliphatic heterocycles. The summed E-state index contributed by atoms with van der Waals surface area (Å²) in [5, 5.41) is 9.61. The fraction of sp³-hybridized carbons (Fsp3) is 0.500. The molecule has 3 N–H and O–H groups in total. The maximum absolute atomic E-state index is 9.61. The molecule has 0 saturated carbocycles. The highest BCUT2D eigenvalue weighted by Crippen LogP contribution is 2.20. The lowest BCUT2D eigenvalue weighted by atomic mass is 10.4. The van der Waals surface area contributed by atoms with Gasteiger partial charge in [0.25, 0.3) is 0 Å². The van der Waals surface area contributed by atoms with Crippen molar-refractivity contribution in [1.29, 1.82) is 0 Å². The van der Waals surface area contributed by atoms with Gasteiger partial charge in [0.05, 0.1) is 12.9 Å². The third-order valence-corrected chi connectivity index (χ3v) is 3.49. The Labute approximate surface area is 126 Å². The molecule has 0 aliphatic rings. The summed E-state index contributed by atoms with van der Waals surface area (Å²) >= 11 is 1.64. The number of nitrogens with two attached hydrogens (primary N) is 1. The Morgan fingerprint density at radius 1 is 1.52 bits per heavy atom. The Morgan fingerprint density at radius 2 is 2.33 bits per heavy atom. The van der Waals surface area contributed by atoms with Crippen molar-refractivity contribution in [3.05, 3.63) is 12.7 Å². The van der Waals surface area contributed by atoms with Gasteiger partial charge in [-0.05, 0) is 6.26 Å². The van der Waals surface area contributed by atoms with Gasteiger partial charge in [0.15, 0.2) is 17.7 Å². The first kappa shape index (κ1) is 15.7. The second-order valence-electron chi connectivity index (χ2n) is 4.26. The van der Waals surface area contributed by atoms with Crippen molar-refractivity contribution in [2.75, 3.05) is 31.4 Å². The standard InChI is InChI=1S/C12H18N6O2S/c1-14-3-8(5-21-2)20-9(4-19)18-7-17-10-11(13)15-6-16-12(10)18/h3,6-9,19H,4-5H2,1-2H3,(H2,13,15,16). The smallest absolute Gasteiger partial charge is 0.167 e. The van der Waals surface area contributed by atoms with Gasteiger partial charge in [0.1, 0.15) is 17.9 Å². The van der Waals surface area contributed by atoms with Gasteiger partial charge in [-0.25, -0.2) is 15.0 Å². The molecule has 0 amide bonds. The van der Waals surface area contributed by atoms with Crippen LogP contribution in [0.5, 0.6) is 0 Å². The van der Waals surface area contributed by atoms with Crippen molar-refractivity contribution >= 4 is 35.0 Å². The Morgan fingerprint density at radius 3 is 3.00 bits per heavy atom. The van der Waals surface area contributed by atoms with Crippen molar-refractivity contribution in [3.63, 3.8) is 0 Å². The van der Waals surface area contributed by atoms with Crippen molar-refractivity contribution in [3.8, 4) is 0 Å². The van der Waals surface area contributed by atoms with E-state index in [2.05, 4.69) is 19.9 Å².